The van der Waals surface area contributed by atoms with Crippen molar-refractivity contribution in [3.63, 3.8) is 0 Å². The van der Waals surface area contributed by atoms with Crippen molar-refractivity contribution in [2.75, 3.05) is 4.90 Å². The van der Waals surface area contributed by atoms with E-state index in [1.807, 2.05) is 0 Å². The van der Waals surface area contributed by atoms with E-state index >= 15 is 0 Å². The number of para-hydroxylation sites is 3. The van der Waals surface area contributed by atoms with Gasteiger partial charge in [-0.2, -0.15) is 0 Å². The van der Waals surface area contributed by atoms with E-state index in [-0.39, 0.29) is 28.5 Å². The molecule has 9 aromatic rings. The molecule has 1 aliphatic carbocycles. The van der Waals surface area contributed by atoms with E-state index in [9.17, 15) is 0 Å². The number of allylic oxidation sites excluding steroid dienone is 1. The van der Waals surface area contributed by atoms with Crippen LogP contribution in [0.2, 0.25) is 0 Å². The molecule has 0 spiro atoms. The maximum absolute atomic E-state index is 2.78. The summed E-state index contributed by atoms with van der Waals surface area (Å²) < 4.78 is 5.30. The molecule has 4 heteroatoms. The van der Waals surface area contributed by atoms with Crippen LogP contribution in [0.3, 0.4) is 0 Å². The predicted molar refractivity (Wildman–Crippen MR) is 271 cm³/mol. The summed E-state index contributed by atoms with van der Waals surface area (Å²) >= 11 is 0. The van der Waals surface area contributed by atoms with Crippen LogP contribution in [0.15, 0.2) is 145 Å². The highest BCUT2D eigenvalue weighted by molar-refractivity contribution is 6.85. The Morgan fingerprint density at radius 3 is 1.84 bits per heavy atom. The fourth-order valence-electron chi connectivity index (χ4n) is 11.7. The Kier molecular flexibility index (Phi) is 7.61. The summed E-state index contributed by atoms with van der Waals surface area (Å²) in [6, 6.07) is 53.9. The first-order valence-corrected chi connectivity index (χ1v) is 23.0. The molecule has 310 valence electrons. The zero-order valence-electron chi connectivity index (χ0n) is 38.7. The average Bonchev–Trinajstić information content (AvgIpc) is 3.85. The van der Waals surface area contributed by atoms with Gasteiger partial charge in [0.25, 0.3) is 0 Å². The normalized spacial score (nSPS) is 15.5. The van der Waals surface area contributed by atoms with Crippen molar-refractivity contribution in [2.45, 2.75) is 97.8 Å². The lowest BCUT2D eigenvalue weighted by molar-refractivity contribution is 0.588. The van der Waals surface area contributed by atoms with Crippen molar-refractivity contribution in [3.05, 3.63) is 173 Å². The highest BCUT2D eigenvalue weighted by Gasteiger charge is 2.53. The number of hydrogen-bond acceptors (Lipinski definition) is 1. The first-order valence-electron chi connectivity index (χ1n) is 23.0. The zero-order chi connectivity index (χ0) is 43.7. The summed E-state index contributed by atoms with van der Waals surface area (Å²) in [5.41, 5.74) is 22.2. The van der Waals surface area contributed by atoms with E-state index < -0.39 is 0 Å². The third-order valence-electron chi connectivity index (χ3n) is 15.0. The van der Waals surface area contributed by atoms with Crippen LogP contribution in [0.25, 0.3) is 66.1 Å². The van der Waals surface area contributed by atoms with Crippen LogP contribution < -0.4 is 10.4 Å². The minimum atomic E-state index is -0.273. The second-order valence-electron chi connectivity index (χ2n) is 22.3. The lowest BCUT2D eigenvalue weighted by atomic mass is 9.40. The zero-order valence-corrected chi connectivity index (χ0v) is 38.7. The molecule has 0 fully saturated rings. The van der Waals surface area contributed by atoms with Crippen molar-refractivity contribution in [2.24, 2.45) is 0 Å². The second-order valence-corrected chi connectivity index (χ2v) is 22.3. The maximum atomic E-state index is 2.78. The predicted octanol–water partition coefficient (Wildman–Crippen LogP) is 14.9. The summed E-state index contributed by atoms with van der Waals surface area (Å²) in [5.74, 6) is 0. The molecule has 2 aromatic heterocycles. The Morgan fingerprint density at radius 1 is 0.476 bits per heavy atom. The van der Waals surface area contributed by atoms with Crippen molar-refractivity contribution >= 4 is 73.0 Å². The summed E-state index contributed by atoms with van der Waals surface area (Å²) in [6.45, 7) is 26.1. The van der Waals surface area contributed by atoms with Crippen molar-refractivity contribution in [1.82, 2.24) is 9.05 Å². The van der Waals surface area contributed by atoms with Gasteiger partial charge in [-0.25, -0.2) is 0 Å². The molecular weight excluding hydrogens is 761 g/mol. The molecule has 12 rings (SSSR count). The number of rotatable bonds is 2. The van der Waals surface area contributed by atoms with Crippen LogP contribution in [-0.4, -0.2) is 15.9 Å². The number of hydrogen-bond donors (Lipinski definition) is 0. The minimum Gasteiger partial charge on any atom is -0.375 e. The Morgan fingerprint density at radius 2 is 1.13 bits per heavy atom. The van der Waals surface area contributed by atoms with Gasteiger partial charge in [-0.3, -0.25) is 0 Å². The molecule has 0 atom stereocenters. The van der Waals surface area contributed by atoms with Gasteiger partial charge in [-0.1, -0.05) is 167 Å². The van der Waals surface area contributed by atoms with Gasteiger partial charge in [-0.15, -0.1) is 0 Å². The van der Waals surface area contributed by atoms with E-state index in [4.69, 9.17) is 0 Å². The van der Waals surface area contributed by atoms with E-state index in [2.05, 4.69) is 230 Å². The molecule has 0 N–H and O–H groups in total. The van der Waals surface area contributed by atoms with Gasteiger partial charge in [0, 0.05) is 71.9 Å². The average molecular weight is 818 g/mol. The highest BCUT2D eigenvalue weighted by atomic mass is 15.2. The van der Waals surface area contributed by atoms with Crippen LogP contribution in [0.1, 0.15) is 104 Å². The van der Waals surface area contributed by atoms with E-state index in [1.165, 1.54) is 116 Å². The molecule has 63 heavy (non-hydrogen) atoms. The Balaban J connectivity index is 1.28. The molecule has 0 saturated heterocycles. The van der Waals surface area contributed by atoms with Gasteiger partial charge in [0.05, 0.1) is 11.0 Å². The van der Waals surface area contributed by atoms with Gasteiger partial charge in [0.2, 0.25) is 0 Å². The quantitative estimate of drug-likeness (QED) is 0.158. The largest absolute Gasteiger partial charge is 0.375 e. The molecule has 7 aromatic carbocycles. The van der Waals surface area contributed by atoms with Crippen molar-refractivity contribution < 1.29 is 0 Å². The highest BCUT2D eigenvalue weighted by Crippen LogP contribution is 2.58. The van der Waals surface area contributed by atoms with Crippen LogP contribution >= 0.6 is 0 Å². The van der Waals surface area contributed by atoms with Crippen molar-refractivity contribution in [1.29, 1.82) is 0 Å². The lowest BCUT2D eigenvalue weighted by Crippen LogP contribution is -2.52. The van der Waals surface area contributed by atoms with Gasteiger partial charge < -0.3 is 13.9 Å². The van der Waals surface area contributed by atoms with Crippen LogP contribution in [-0.2, 0) is 21.7 Å². The van der Waals surface area contributed by atoms with Crippen molar-refractivity contribution in [3.8, 4) is 16.8 Å². The molecule has 2 aliphatic heterocycles. The van der Waals surface area contributed by atoms with Gasteiger partial charge in [-0.05, 0) is 104 Å². The number of fused-ring (bicyclic) bond motifs is 12. The van der Waals surface area contributed by atoms with Crippen LogP contribution in [0, 0.1) is 0 Å². The molecule has 0 saturated carbocycles. The van der Waals surface area contributed by atoms with Gasteiger partial charge in [0.15, 0.2) is 0 Å². The monoisotopic (exact) mass is 817 g/mol. The molecule has 0 amide bonds. The van der Waals surface area contributed by atoms with E-state index in [0.29, 0.717) is 0 Å². The number of anilines is 2. The SMILES string of the molecule is CC(C)(C)c1ccc(N2C3=C(B4c5c(cc(C(C)(C)C)cc52)-c2cccc5c6c(ccc7c8ccccc8n(-c8ccccc8)c76)n4c25)C(C)(C)c2ccc(C(C)(C)C)cc23)cc1. The Bertz CT molecular complexity index is 3460. The summed E-state index contributed by atoms with van der Waals surface area (Å²) in [5, 5.41) is 5.20. The molecule has 4 heterocycles. The molecule has 0 bridgehead atoms. The number of nitrogens with zero attached hydrogens (tertiary/aromatic N) is 3. The standard InChI is InChI=1S/C59H56BN3/c1-56(2,3)35-24-27-39(28-25-35)62-49-34-37(58(7,8)9)33-44-41-21-17-22-43-50-48(31-29-42-40-20-15-16-23-47(40)61(53(42)50)38-18-13-12-14-19-38)63(52(41)43)60(51(44)49)55-54(62)45-32-36(57(4,5)6)26-30-46(45)59(55,10)11/h12-34H,1-11H3. The third kappa shape index (κ3) is 5.15. The minimum absolute atomic E-state index is 0.00399. The summed E-state index contributed by atoms with van der Waals surface area (Å²) in [6.07, 6.45) is 0. The summed E-state index contributed by atoms with van der Waals surface area (Å²) in [7, 11) is 0. The van der Waals surface area contributed by atoms with Crippen LogP contribution in [0.5, 0.6) is 0 Å². The molecule has 0 radical (unpaired) electrons. The first-order chi connectivity index (χ1) is 29.9. The summed E-state index contributed by atoms with van der Waals surface area (Å²) in [4.78, 5) is 2.68. The number of aromatic nitrogens is 2. The Labute approximate surface area is 372 Å². The van der Waals surface area contributed by atoms with Gasteiger partial charge >= 0.3 is 6.85 Å². The smallest absolute Gasteiger partial charge is 0.329 e. The number of benzene rings is 7. The molecular formula is C59H56BN3. The molecule has 0 unspecified atom stereocenters. The maximum Gasteiger partial charge on any atom is 0.329 e. The lowest BCUT2D eigenvalue weighted by Gasteiger charge is -2.43. The Hall–Kier alpha value is -6.26. The van der Waals surface area contributed by atoms with Gasteiger partial charge in [0.1, 0.15) is 0 Å². The second kappa shape index (κ2) is 12.5. The molecule has 3 aliphatic rings. The first kappa shape index (κ1) is 38.4. The fraction of sp³-hybridized carbons (Fsp3) is 0.254. The van der Waals surface area contributed by atoms with E-state index in [0.717, 1.165) is 0 Å². The van der Waals surface area contributed by atoms with E-state index in [1.54, 1.807) is 0 Å². The molecule has 3 nitrogen and oxygen atoms in total. The van der Waals surface area contributed by atoms with Crippen LogP contribution in [0.4, 0.5) is 11.4 Å². The third-order valence-corrected chi connectivity index (χ3v) is 15.0. The topological polar surface area (TPSA) is 13.1 Å². The fourth-order valence-corrected chi connectivity index (χ4v) is 11.7.